The number of fused-ring (bicyclic) bond motifs is 1. The van der Waals surface area contributed by atoms with E-state index in [1.165, 1.54) is 5.56 Å². The van der Waals surface area contributed by atoms with Gasteiger partial charge in [0.25, 0.3) is 5.91 Å². The minimum absolute atomic E-state index is 0. The molecule has 1 saturated heterocycles. The average Bonchev–Trinajstić information content (AvgIpc) is 3.30. The Hall–Kier alpha value is -1.70. The largest absolute Gasteiger partial charge is 0.351 e. The van der Waals surface area contributed by atoms with Crippen LogP contribution in [0, 0.1) is 12.8 Å². The van der Waals surface area contributed by atoms with E-state index in [2.05, 4.69) is 32.4 Å². The fourth-order valence-electron chi connectivity index (χ4n) is 3.46. The first kappa shape index (κ1) is 19.1. The van der Waals surface area contributed by atoms with Crippen LogP contribution >= 0.6 is 24.2 Å². The Morgan fingerprint density at radius 1 is 1.50 bits per heavy atom. The lowest BCUT2D eigenvalue weighted by Crippen LogP contribution is -2.33. The molecule has 3 N–H and O–H groups in total. The van der Waals surface area contributed by atoms with Crippen LogP contribution in [0.3, 0.4) is 0 Å². The molecule has 1 fully saturated rings. The molecule has 0 aromatic carbocycles. The number of halogens is 1. The molecule has 26 heavy (non-hydrogen) atoms. The normalized spacial score (nSPS) is 20.0. The smallest absolute Gasteiger partial charge is 0.259 e. The molecule has 2 aliphatic rings. The SMILES string of the molecule is Cc1c[nH]c2nccc(N3C=C(C(=O)NC[C@H]4CCNC4)SCC3)c12.Cl. The fourth-order valence-corrected chi connectivity index (χ4v) is 4.38. The Labute approximate surface area is 163 Å². The number of anilines is 1. The van der Waals surface area contributed by atoms with E-state index in [1.807, 2.05) is 24.7 Å². The first-order valence-electron chi connectivity index (χ1n) is 8.75. The number of carbonyl (C=O) groups is 1. The third-order valence-corrected chi connectivity index (χ3v) is 5.85. The van der Waals surface area contributed by atoms with Crippen molar-refractivity contribution in [2.75, 3.05) is 36.8 Å². The Kier molecular flexibility index (Phi) is 6.11. The maximum Gasteiger partial charge on any atom is 0.259 e. The molecule has 8 heteroatoms. The Balaban J connectivity index is 0.00000196. The number of pyridine rings is 1. The van der Waals surface area contributed by atoms with Crippen LogP contribution in [0.25, 0.3) is 11.0 Å². The van der Waals surface area contributed by atoms with Crippen molar-refractivity contribution in [2.45, 2.75) is 13.3 Å². The highest BCUT2D eigenvalue weighted by atomic mass is 35.5. The van der Waals surface area contributed by atoms with Crippen LogP contribution in [0.1, 0.15) is 12.0 Å². The first-order chi connectivity index (χ1) is 12.2. The summed E-state index contributed by atoms with van der Waals surface area (Å²) in [5, 5.41) is 7.56. The molecule has 6 nitrogen and oxygen atoms in total. The molecule has 0 radical (unpaired) electrons. The highest BCUT2D eigenvalue weighted by Gasteiger charge is 2.22. The van der Waals surface area contributed by atoms with Crippen LogP contribution in [0.2, 0.25) is 0 Å². The number of aryl methyl sites for hydroxylation is 1. The molecule has 4 rings (SSSR count). The summed E-state index contributed by atoms with van der Waals surface area (Å²) < 4.78 is 0. The predicted molar refractivity (Wildman–Crippen MR) is 110 cm³/mol. The van der Waals surface area contributed by atoms with Crippen LogP contribution in [-0.2, 0) is 4.79 Å². The quantitative estimate of drug-likeness (QED) is 0.744. The summed E-state index contributed by atoms with van der Waals surface area (Å²) in [6, 6.07) is 2.02. The number of H-pyrrole nitrogens is 1. The standard InChI is InChI=1S/C18H23N5OS.ClH/c1-12-8-21-17-16(12)14(3-5-20-17)23-6-7-25-15(11-23)18(24)22-10-13-2-4-19-9-13;/h3,5,8,11,13,19H,2,4,6-7,9-10H2,1H3,(H,20,21)(H,22,24);1H/t13-;/m0./s1. The van der Waals surface area contributed by atoms with Gasteiger partial charge in [0, 0.05) is 42.8 Å². The lowest BCUT2D eigenvalue weighted by atomic mass is 10.1. The van der Waals surface area contributed by atoms with Crippen molar-refractivity contribution in [3.05, 3.63) is 35.1 Å². The van der Waals surface area contributed by atoms with E-state index in [4.69, 9.17) is 0 Å². The summed E-state index contributed by atoms with van der Waals surface area (Å²) in [4.78, 5) is 23.1. The minimum Gasteiger partial charge on any atom is -0.351 e. The number of aromatic nitrogens is 2. The maximum absolute atomic E-state index is 12.5. The van der Waals surface area contributed by atoms with Crippen molar-refractivity contribution in [1.29, 1.82) is 0 Å². The van der Waals surface area contributed by atoms with E-state index in [0.29, 0.717) is 5.92 Å². The molecule has 1 amide bonds. The van der Waals surface area contributed by atoms with Gasteiger partial charge in [-0.15, -0.1) is 24.2 Å². The zero-order valence-corrected chi connectivity index (χ0v) is 16.4. The van der Waals surface area contributed by atoms with Gasteiger partial charge in [0.2, 0.25) is 0 Å². The van der Waals surface area contributed by atoms with Gasteiger partial charge < -0.3 is 20.5 Å². The molecule has 140 valence electrons. The molecule has 4 heterocycles. The van der Waals surface area contributed by atoms with Gasteiger partial charge in [-0.05, 0) is 44.0 Å². The monoisotopic (exact) mass is 393 g/mol. The van der Waals surface area contributed by atoms with Gasteiger partial charge in [0.05, 0.1) is 10.6 Å². The van der Waals surface area contributed by atoms with Crippen molar-refractivity contribution in [1.82, 2.24) is 20.6 Å². The molecule has 0 aliphatic carbocycles. The van der Waals surface area contributed by atoms with Crippen LogP contribution in [0.4, 0.5) is 5.69 Å². The molecule has 1 atom stereocenters. The Morgan fingerprint density at radius 2 is 2.38 bits per heavy atom. The second kappa shape index (κ2) is 8.33. The van der Waals surface area contributed by atoms with Gasteiger partial charge in [0.15, 0.2) is 0 Å². The van der Waals surface area contributed by atoms with Crippen LogP contribution < -0.4 is 15.5 Å². The fraction of sp³-hybridized carbons (Fsp3) is 0.444. The highest BCUT2D eigenvalue weighted by Crippen LogP contribution is 2.32. The second-order valence-corrected chi connectivity index (χ2v) is 7.77. The first-order valence-corrected chi connectivity index (χ1v) is 9.74. The Morgan fingerprint density at radius 3 is 3.19 bits per heavy atom. The van der Waals surface area contributed by atoms with Crippen LogP contribution in [0.15, 0.2) is 29.6 Å². The van der Waals surface area contributed by atoms with Gasteiger partial charge in [-0.2, -0.15) is 0 Å². The number of rotatable bonds is 4. The molecule has 0 spiro atoms. The number of carbonyl (C=O) groups excluding carboxylic acids is 1. The molecule has 2 aromatic rings. The zero-order chi connectivity index (χ0) is 17.2. The number of hydrogen-bond acceptors (Lipinski definition) is 5. The summed E-state index contributed by atoms with van der Waals surface area (Å²) >= 11 is 1.63. The summed E-state index contributed by atoms with van der Waals surface area (Å²) in [5.74, 6) is 1.49. The summed E-state index contributed by atoms with van der Waals surface area (Å²) in [6.07, 6.45) is 6.92. The number of aromatic amines is 1. The van der Waals surface area contributed by atoms with E-state index in [9.17, 15) is 4.79 Å². The van der Waals surface area contributed by atoms with Gasteiger partial charge in [-0.25, -0.2) is 4.98 Å². The molecule has 0 bridgehead atoms. The summed E-state index contributed by atoms with van der Waals surface area (Å²) in [6.45, 7) is 5.77. The van der Waals surface area contributed by atoms with E-state index < -0.39 is 0 Å². The van der Waals surface area contributed by atoms with E-state index in [0.717, 1.165) is 60.0 Å². The van der Waals surface area contributed by atoms with Gasteiger partial charge in [-0.1, -0.05) is 0 Å². The lowest BCUT2D eigenvalue weighted by molar-refractivity contribution is -0.117. The average molecular weight is 394 g/mol. The van der Waals surface area contributed by atoms with Crippen molar-refractivity contribution < 1.29 is 4.79 Å². The van der Waals surface area contributed by atoms with Crippen molar-refractivity contribution in [3.8, 4) is 0 Å². The van der Waals surface area contributed by atoms with E-state index >= 15 is 0 Å². The molecule has 2 aromatic heterocycles. The number of nitrogens with zero attached hydrogens (tertiary/aromatic N) is 2. The van der Waals surface area contributed by atoms with E-state index in [1.54, 1.807) is 11.8 Å². The van der Waals surface area contributed by atoms with Gasteiger partial charge >= 0.3 is 0 Å². The number of nitrogens with one attached hydrogen (secondary N) is 3. The molecule has 0 saturated carbocycles. The minimum atomic E-state index is 0. The van der Waals surface area contributed by atoms with Crippen molar-refractivity contribution in [3.63, 3.8) is 0 Å². The van der Waals surface area contributed by atoms with Crippen molar-refractivity contribution in [2.24, 2.45) is 5.92 Å². The predicted octanol–water partition coefficient (Wildman–Crippen LogP) is 2.41. The van der Waals surface area contributed by atoms with Crippen molar-refractivity contribution >= 4 is 46.8 Å². The third-order valence-electron chi connectivity index (χ3n) is 4.86. The number of thioether (sulfide) groups is 1. The zero-order valence-electron chi connectivity index (χ0n) is 14.7. The third kappa shape index (κ3) is 3.84. The number of hydrogen-bond donors (Lipinski definition) is 3. The maximum atomic E-state index is 12.5. The van der Waals surface area contributed by atoms with Gasteiger partial charge in [-0.3, -0.25) is 4.79 Å². The number of amides is 1. The van der Waals surface area contributed by atoms with Crippen LogP contribution in [-0.4, -0.2) is 47.8 Å². The topological polar surface area (TPSA) is 73.0 Å². The summed E-state index contributed by atoms with van der Waals surface area (Å²) in [7, 11) is 0. The molecular formula is C18H24ClN5OS. The summed E-state index contributed by atoms with van der Waals surface area (Å²) in [5.41, 5.74) is 3.17. The van der Waals surface area contributed by atoms with Crippen LogP contribution in [0.5, 0.6) is 0 Å². The van der Waals surface area contributed by atoms with Gasteiger partial charge in [0.1, 0.15) is 5.65 Å². The molecular weight excluding hydrogens is 370 g/mol. The molecule has 0 unspecified atom stereocenters. The Bertz CT molecular complexity index is 815. The van der Waals surface area contributed by atoms with E-state index in [-0.39, 0.29) is 18.3 Å². The molecule has 2 aliphatic heterocycles. The second-order valence-electron chi connectivity index (χ2n) is 6.63. The highest BCUT2D eigenvalue weighted by molar-refractivity contribution is 8.04. The lowest BCUT2D eigenvalue weighted by Gasteiger charge is -2.27.